The van der Waals surface area contributed by atoms with Crippen molar-refractivity contribution in [2.75, 3.05) is 32.7 Å². The monoisotopic (exact) mass is 450 g/mol. The van der Waals surface area contributed by atoms with E-state index in [-0.39, 0.29) is 24.2 Å². The molecular formula is C24H29ClF2N2O2. The van der Waals surface area contributed by atoms with Gasteiger partial charge in [0.05, 0.1) is 12.7 Å². The summed E-state index contributed by atoms with van der Waals surface area (Å²) in [5.41, 5.74) is 0.815. The molecule has 0 radical (unpaired) electrons. The first-order valence-electron chi connectivity index (χ1n) is 10.8. The number of nitrogens with zero attached hydrogens (tertiary/aromatic N) is 2. The van der Waals surface area contributed by atoms with Crippen LogP contribution in [-0.4, -0.2) is 48.4 Å². The number of rotatable bonds is 9. The standard InChI is InChI=1S/C24H29ClF2N2O2/c1-2-3-7-24(30)29-14-12-28(13-15-29)16-23(18-8-10-19(25)11-9-18)31-17-20-21(26)5-4-6-22(20)27/h4-6,8-11,23H,2-3,7,12-17H2,1H3/t23-/m0/s1. The summed E-state index contributed by atoms with van der Waals surface area (Å²) >= 11 is 6.02. The van der Waals surface area contributed by atoms with E-state index in [0.717, 1.165) is 31.5 Å². The molecule has 1 aliphatic heterocycles. The zero-order valence-corrected chi connectivity index (χ0v) is 18.6. The molecule has 0 N–H and O–H groups in total. The average molecular weight is 451 g/mol. The molecular weight excluding hydrogens is 422 g/mol. The van der Waals surface area contributed by atoms with Crippen LogP contribution < -0.4 is 0 Å². The Hall–Kier alpha value is -2.02. The number of carbonyl (C=O) groups excluding carboxylic acids is 1. The lowest BCUT2D eigenvalue weighted by atomic mass is 10.1. The van der Waals surface area contributed by atoms with Crippen molar-refractivity contribution in [1.82, 2.24) is 9.80 Å². The molecule has 168 valence electrons. The first kappa shape index (κ1) is 23.6. The number of hydrogen-bond donors (Lipinski definition) is 0. The van der Waals surface area contributed by atoms with E-state index in [0.29, 0.717) is 31.1 Å². The van der Waals surface area contributed by atoms with E-state index in [1.54, 1.807) is 12.1 Å². The molecule has 3 rings (SSSR count). The Morgan fingerprint density at radius 3 is 2.32 bits per heavy atom. The fraction of sp³-hybridized carbons (Fsp3) is 0.458. The maximum absolute atomic E-state index is 14.0. The van der Waals surface area contributed by atoms with Crippen LogP contribution in [0.2, 0.25) is 5.02 Å². The number of amides is 1. The molecule has 2 aromatic rings. The Kier molecular flexibility index (Phi) is 8.81. The quantitative estimate of drug-likeness (QED) is 0.525. The Morgan fingerprint density at radius 1 is 1.06 bits per heavy atom. The molecule has 7 heteroatoms. The van der Waals surface area contributed by atoms with Crippen molar-refractivity contribution in [2.45, 2.75) is 38.9 Å². The van der Waals surface area contributed by atoms with Crippen LogP contribution in [-0.2, 0) is 16.1 Å². The van der Waals surface area contributed by atoms with E-state index in [1.165, 1.54) is 18.2 Å². The van der Waals surface area contributed by atoms with Crippen LogP contribution >= 0.6 is 11.6 Å². The minimum atomic E-state index is -0.617. The van der Waals surface area contributed by atoms with E-state index < -0.39 is 11.6 Å². The van der Waals surface area contributed by atoms with Gasteiger partial charge in [-0.25, -0.2) is 8.78 Å². The van der Waals surface area contributed by atoms with Gasteiger partial charge in [-0.2, -0.15) is 0 Å². The van der Waals surface area contributed by atoms with Crippen LogP contribution in [0, 0.1) is 11.6 Å². The maximum atomic E-state index is 14.0. The summed E-state index contributed by atoms with van der Waals surface area (Å²) in [4.78, 5) is 16.4. The molecule has 0 aromatic heterocycles. The summed E-state index contributed by atoms with van der Waals surface area (Å²) in [5.74, 6) is -1.02. The van der Waals surface area contributed by atoms with Gasteiger partial charge in [0.15, 0.2) is 0 Å². The average Bonchev–Trinajstić information content (AvgIpc) is 2.77. The fourth-order valence-electron chi connectivity index (χ4n) is 3.69. The lowest BCUT2D eigenvalue weighted by molar-refractivity contribution is -0.133. The first-order valence-corrected chi connectivity index (χ1v) is 11.2. The molecule has 31 heavy (non-hydrogen) atoms. The lowest BCUT2D eigenvalue weighted by Crippen LogP contribution is -2.49. The molecule has 0 bridgehead atoms. The summed E-state index contributed by atoms with van der Waals surface area (Å²) in [7, 11) is 0. The highest BCUT2D eigenvalue weighted by Crippen LogP contribution is 2.25. The van der Waals surface area contributed by atoms with E-state index in [9.17, 15) is 13.6 Å². The number of unbranched alkanes of at least 4 members (excludes halogenated alkanes) is 1. The second-order valence-electron chi connectivity index (χ2n) is 7.84. The number of ether oxygens (including phenoxy) is 1. The predicted octanol–water partition coefficient (Wildman–Crippen LogP) is 5.21. The molecule has 2 aromatic carbocycles. The van der Waals surface area contributed by atoms with Crippen molar-refractivity contribution >= 4 is 17.5 Å². The van der Waals surface area contributed by atoms with Gasteiger partial charge >= 0.3 is 0 Å². The van der Waals surface area contributed by atoms with Gasteiger partial charge in [-0.1, -0.05) is 43.1 Å². The molecule has 1 fully saturated rings. The minimum Gasteiger partial charge on any atom is -0.367 e. The van der Waals surface area contributed by atoms with Crippen LogP contribution in [0.3, 0.4) is 0 Å². The van der Waals surface area contributed by atoms with E-state index >= 15 is 0 Å². The Labute approximate surface area is 187 Å². The highest BCUT2D eigenvalue weighted by Gasteiger charge is 2.24. The molecule has 1 amide bonds. The predicted molar refractivity (Wildman–Crippen MR) is 118 cm³/mol. The van der Waals surface area contributed by atoms with Gasteiger partial charge in [0.2, 0.25) is 5.91 Å². The van der Waals surface area contributed by atoms with Gasteiger partial charge in [-0.3, -0.25) is 9.69 Å². The maximum Gasteiger partial charge on any atom is 0.222 e. The number of benzene rings is 2. The Balaban J connectivity index is 1.64. The van der Waals surface area contributed by atoms with Gasteiger partial charge in [0, 0.05) is 49.7 Å². The number of hydrogen-bond acceptors (Lipinski definition) is 3. The second kappa shape index (κ2) is 11.6. The summed E-state index contributed by atoms with van der Waals surface area (Å²) in [6.45, 7) is 5.31. The first-order chi connectivity index (χ1) is 15.0. The summed E-state index contributed by atoms with van der Waals surface area (Å²) in [6, 6.07) is 11.1. The zero-order chi connectivity index (χ0) is 22.2. The third-order valence-corrected chi connectivity index (χ3v) is 5.88. The molecule has 1 saturated heterocycles. The van der Waals surface area contributed by atoms with Crippen molar-refractivity contribution in [3.05, 3.63) is 70.2 Å². The van der Waals surface area contributed by atoms with Crippen molar-refractivity contribution in [3.8, 4) is 0 Å². The van der Waals surface area contributed by atoms with Crippen LogP contribution in [0.15, 0.2) is 42.5 Å². The van der Waals surface area contributed by atoms with E-state index in [2.05, 4.69) is 11.8 Å². The highest BCUT2D eigenvalue weighted by molar-refractivity contribution is 6.30. The number of halogens is 3. The van der Waals surface area contributed by atoms with Gasteiger partial charge in [0.25, 0.3) is 0 Å². The highest BCUT2D eigenvalue weighted by atomic mass is 35.5. The van der Waals surface area contributed by atoms with Gasteiger partial charge in [-0.15, -0.1) is 0 Å². The lowest BCUT2D eigenvalue weighted by Gasteiger charge is -2.36. The normalized spacial score (nSPS) is 15.8. The smallest absolute Gasteiger partial charge is 0.222 e. The van der Waals surface area contributed by atoms with Crippen LogP contribution in [0.25, 0.3) is 0 Å². The molecule has 0 spiro atoms. The van der Waals surface area contributed by atoms with Gasteiger partial charge in [-0.05, 0) is 36.2 Å². The summed E-state index contributed by atoms with van der Waals surface area (Å²) < 4.78 is 34.1. The van der Waals surface area contributed by atoms with Crippen molar-refractivity contribution in [1.29, 1.82) is 0 Å². The Morgan fingerprint density at radius 2 is 1.71 bits per heavy atom. The molecule has 1 aliphatic rings. The number of piperazine rings is 1. The summed E-state index contributed by atoms with van der Waals surface area (Å²) in [5, 5.41) is 0.613. The fourth-order valence-corrected chi connectivity index (χ4v) is 3.81. The SMILES string of the molecule is CCCCC(=O)N1CCN(C[C@H](OCc2c(F)cccc2F)c2ccc(Cl)cc2)CC1. The molecule has 0 aliphatic carbocycles. The van der Waals surface area contributed by atoms with Crippen molar-refractivity contribution < 1.29 is 18.3 Å². The molecule has 4 nitrogen and oxygen atoms in total. The molecule has 0 saturated carbocycles. The van der Waals surface area contributed by atoms with Crippen molar-refractivity contribution in [3.63, 3.8) is 0 Å². The molecule has 0 unspecified atom stereocenters. The number of carbonyl (C=O) groups is 1. The summed E-state index contributed by atoms with van der Waals surface area (Å²) in [6.07, 6.45) is 2.15. The van der Waals surface area contributed by atoms with Crippen LogP contribution in [0.1, 0.15) is 43.4 Å². The van der Waals surface area contributed by atoms with Crippen molar-refractivity contribution in [2.24, 2.45) is 0 Å². The zero-order valence-electron chi connectivity index (χ0n) is 17.8. The van der Waals surface area contributed by atoms with Crippen LogP contribution in [0.4, 0.5) is 8.78 Å². The third kappa shape index (κ3) is 6.73. The second-order valence-corrected chi connectivity index (χ2v) is 8.27. The minimum absolute atomic E-state index is 0.0761. The largest absolute Gasteiger partial charge is 0.367 e. The van der Waals surface area contributed by atoms with E-state index in [4.69, 9.17) is 16.3 Å². The van der Waals surface area contributed by atoms with Gasteiger partial charge in [0.1, 0.15) is 11.6 Å². The van der Waals surface area contributed by atoms with Crippen LogP contribution in [0.5, 0.6) is 0 Å². The van der Waals surface area contributed by atoms with E-state index in [1.807, 2.05) is 17.0 Å². The molecule has 1 atom stereocenters. The third-order valence-electron chi connectivity index (χ3n) is 5.63. The van der Waals surface area contributed by atoms with Gasteiger partial charge < -0.3 is 9.64 Å². The Bertz CT molecular complexity index is 835. The topological polar surface area (TPSA) is 32.8 Å². The molecule has 1 heterocycles.